The molecule has 0 aliphatic rings. The monoisotopic (exact) mass is 238 g/mol. The van der Waals surface area contributed by atoms with Gasteiger partial charge in [0.05, 0.1) is 0 Å². The number of rotatable bonds is 6. The van der Waals surface area contributed by atoms with Gasteiger partial charge in [-0.05, 0) is 19.7 Å². The third-order valence-electron chi connectivity index (χ3n) is 2.61. The first kappa shape index (κ1) is 13.6. The Balaban J connectivity index is 2.39. The highest BCUT2D eigenvalue weighted by molar-refractivity contribution is 7.99. The Kier molecular flexibility index (Phi) is 5.88. The van der Waals surface area contributed by atoms with Gasteiger partial charge in [-0.1, -0.05) is 37.3 Å². The van der Waals surface area contributed by atoms with Crippen molar-refractivity contribution in [3.05, 3.63) is 35.9 Å². The number of nitrogens with zero attached hydrogens (tertiary/aromatic N) is 1. The van der Waals surface area contributed by atoms with Gasteiger partial charge in [0.1, 0.15) is 0 Å². The molecule has 1 rings (SSSR count). The molecule has 1 aromatic rings. The van der Waals surface area contributed by atoms with Crippen LogP contribution in [0.3, 0.4) is 0 Å². The molecule has 0 heterocycles. The average molecular weight is 238 g/mol. The van der Waals surface area contributed by atoms with Crippen LogP contribution in [0.15, 0.2) is 30.3 Å². The minimum absolute atomic E-state index is 0.133. The molecule has 0 bridgehead atoms. The lowest BCUT2D eigenvalue weighted by atomic mass is 10.1. The third kappa shape index (κ3) is 4.56. The minimum atomic E-state index is 0.133. The van der Waals surface area contributed by atoms with Crippen molar-refractivity contribution in [1.82, 2.24) is 4.90 Å². The molecule has 2 unspecified atom stereocenters. The summed E-state index contributed by atoms with van der Waals surface area (Å²) < 4.78 is 0. The molecule has 0 aliphatic carbocycles. The largest absolute Gasteiger partial charge is 0.323 e. The van der Waals surface area contributed by atoms with Gasteiger partial charge in [-0.25, -0.2) is 0 Å². The average Bonchev–Trinajstić information content (AvgIpc) is 2.28. The van der Waals surface area contributed by atoms with E-state index in [2.05, 4.69) is 38.1 Å². The van der Waals surface area contributed by atoms with E-state index in [4.69, 9.17) is 5.73 Å². The normalized spacial score (nSPS) is 15.1. The van der Waals surface area contributed by atoms with Crippen LogP contribution in [0.1, 0.15) is 18.5 Å². The Hall–Kier alpha value is -0.510. The Bertz CT molecular complexity index is 287. The van der Waals surface area contributed by atoms with Crippen LogP contribution in [-0.2, 0) is 0 Å². The summed E-state index contributed by atoms with van der Waals surface area (Å²) in [5, 5.41) is 0.461. The lowest BCUT2D eigenvalue weighted by molar-refractivity contribution is 0.437. The molecule has 2 nitrogen and oxygen atoms in total. The third-order valence-corrected chi connectivity index (χ3v) is 3.85. The minimum Gasteiger partial charge on any atom is -0.323 e. The van der Waals surface area contributed by atoms with Crippen molar-refractivity contribution in [2.75, 3.05) is 26.4 Å². The van der Waals surface area contributed by atoms with Gasteiger partial charge in [-0.3, -0.25) is 0 Å². The summed E-state index contributed by atoms with van der Waals surface area (Å²) in [6.45, 7) is 3.31. The lowest BCUT2D eigenvalue weighted by Gasteiger charge is -2.20. The smallest absolute Gasteiger partial charge is 0.0412 e. The Morgan fingerprint density at radius 1 is 1.25 bits per heavy atom. The second kappa shape index (κ2) is 6.94. The van der Waals surface area contributed by atoms with E-state index in [0.29, 0.717) is 5.25 Å². The molecule has 90 valence electrons. The van der Waals surface area contributed by atoms with Crippen LogP contribution in [0.2, 0.25) is 0 Å². The maximum atomic E-state index is 6.22. The summed E-state index contributed by atoms with van der Waals surface area (Å²) in [6, 6.07) is 10.5. The fraction of sp³-hybridized carbons (Fsp3) is 0.538. The molecule has 1 aromatic carbocycles. The van der Waals surface area contributed by atoms with Crippen molar-refractivity contribution in [3.63, 3.8) is 0 Å². The molecule has 16 heavy (non-hydrogen) atoms. The van der Waals surface area contributed by atoms with Gasteiger partial charge < -0.3 is 10.6 Å². The summed E-state index contributed by atoms with van der Waals surface area (Å²) in [5.41, 5.74) is 7.45. The molecule has 2 N–H and O–H groups in total. The van der Waals surface area contributed by atoms with Crippen molar-refractivity contribution in [1.29, 1.82) is 0 Å². The molecule has 0 saturated heterocycles. The molecular weight excluding hydrogens is 216 g/mol. The number of nitrogens with two attached hydrogens (primary N) is 1. The molecule has 0 aliphatic heterocycles. The quantitative estimate of drug-likeness (QED) is 0.825. The Morgan fingerprint density at radius 2 is 1.88 bits per heavy atom. The zero-order chi connectivity index (χ0) is 12.0. The van der Waals surface area contributed by atoms with Crippen LogP contribution in [0.25, 0.3) is 0 Å². The predicted octanol–water partition coefficient (Wildman–Crippen LogP) is 2.37. The van der Waals surface area contributed by atoms with Crippen LogP contribution in [-0.4, -0.2) is 36.5 Å². The van der Waals surface area contributed by atoms with Crippen molar-refractivity contribution < 1.29 is 0 Å². The van der Waals surface area contributed by atoms with E-state index in [0.717, 1.165) is 12.3 Å². The summed E-state index contributed by atoms with van der Waals surface area (Å²) in [5.74, 6) is 1.13. The summed E-state index contributed by atoms with van der Waals surface area (Å²) >= 11 is 1.94. The van der Waals surface area contributed by atoms with E-state index in [-0.39, 0.29) is 6.04 Å². The van der Waals surface area contributed by atoms with Gasteiger partial charge in [0.15, 0.2) is 0 Å². The van der Waals surface area contributed by atoms with Gasteiger partial charge in [-0.15, -0.1) is 0 Å². The maximum Gasteiger partial charge on any atom is 0.0412 e. The topological polar surface area (TPSA) is 29.3 Å². The number of hydrogen-bond acceptors (Lipinski definition) is 3. The molecule has 0 radical (unpaired) electrons. The SMILES string of the molecule is CC(SCCN(C)C)C(N)c1ccccc1. The van der Waals surface area contributed by atoms with Crippen molar-refractivity contribution in [2.45, 2.75) is 18.2 Å². The van der Waals surface area contributed by atoms with Gasteiger partial charge in [0, 0.05) is 23.6 Å². The summed E-state index contributed by atoms with van der Waals surface area (Å²) in [6.07, 6.45) is 0. The first-order valence-electron chi connectivity index (χ1n) is 5.68. The van der Waals surface area contributed by atoms with Gasteiger partial charge in [0.2, 0.25) is 0 Å². The highest BCUT2D eigenvalue weighted by Gasteiger charge is 2.14. The van der Waals surface area contributed by atoms with Crippen molar-refractivity contribution in [2.24, 2.45) is 5.73 Å². The lowest BCUT2D eigenvalue weighted by Crippen LogP contribution is -2.23. The molecule has 0 amide bonds. The van der Waals surface area contributed by atoms with Crippen LogP contribution < -0.4 is 5.73 Å². The molecule has 2 atom stereocenters. The predicted molar refractivity (Wildman–Crippen MR) is 73.8 cm³/mol. The van der Waals surface area contributed by atoms with E-state index in [1.165, 1.54) is 5.56 Å². The second-order valence-electron chi connectivity index (χ2n) is 4.32. The van der Waals surface area contributed by atoms with Crippen LogP contribution in [0.4, 0.5) is 0 Å². The van der Waals surface area contributed by atoms with Crippen molar-refractivity contribution >= 4 is 11.8 Å². The van der Waals surface area contributed by atoms with Crippen molar-refractivity contribution in [3.8, 4) is 0 Å². The van der Waals surface area contributed by atoms with E-state index < -0.39 is 0 Å². The number of hydrogen-bond donors (Lipinski definition) is 1. The molecular formula is C13H22N2S. The Morgan fingerprint density at radius 3 is 2.44 bits per heavy atom. The van der Waals surface area contributed by atoms with Crippen LogP contribution >= 0.6 is 11.8 Å². The van der Waals surface area contributed by atoms with Crippen LogP contribution in [0, 0.1) is 0 Å². The second-order valence-corrected chi connectivity index (χ2v) is 5.80. The zero-order valence-electron chi connectivity index (χ0n) is 10.4. The van der Waals surface area contributed by atoms with Gasteiger partial charge in [-0.2, -0.15) is 11.8 Å². The summed E-state index contributed by atoms with van der Waals surface area (Å²) in [4.78, 5) is 2.20. The van der Waals surface area contributed by atoms with E-state index in [9.17, 15) is 0 Å². The summed E-state index contributed by atoms with van der Waals surface area (Å²) in [7, 11) is 4.20. The first-order chi connectivity index (χ1) is 7.61. The molecule has 0 aromatic heterocycles. The highest BCUT2D eigenvalue weighted by Crippen LogP contribution is 2.23. The standard InChI is InChI=1S/C13H22N2S/c1-11(16-10-9-15(2)3)13(14)12-7-5-4-6-8-12/h4-8,11,13H,9-10,14H2,1-3H3. The van der Waals surface area contributed by atoms with E-state index in [1.54, 1.807) is 0 Å². The van der Waals surface area contributed by atoms with E-state index in [1.807, 2.05) is 30.0 Å². The molecule has 3 heteroatoms. The number of thioether (sulfide) groups is 1. The fourth-order valence-corrected chi connectivity index (χ4v) is 2.68. The van der Waals surface area contributed by atoms with E-state index >= 15 is 0 Å². The van der Waals surface area contributed by atoms with Gasteiger partial charge in [0.25, 0.3) is 0 Å². The zero-order valence-corrected chi connectivity index (χ0v) is 11.2. The highest BCUT2D eigenvalue weighted by atomic mass is 32.2. The molecule has 0 saturated carbocycles. The maximum absolute atomic E-state index is 6.22. The number of benzene rings is 1. The molecule has 0 fully saturated rings. The fourth-order valence-electron chi connectivity index (χ4n) is 1.47. The Labute approximate surface area is 103 Å². The first-order valence-corrected chi connectivity index (χ1v) is 6.73. The molecule has 0 spiro atoms. The van der Waals surface area contributed by atoms with Gasteiger partial charge >= 0.3 is 0 Å². The van der Waals surface area contributed by atoms with Crippen LogP contribution in [0.5, 0.6) is 0 Å².